The molecule has 0 bridgehead atoms. The van der Waals surface area contributed by atoms with Gasteiger partial charge in [-0.2, -0.15) is 0 Å². The minimum atomic E-state index is -0.714. The first-order valence-electron chi connectivity index (χ1n) is 6.96. The van der Waals surface area contributed by atoms with Gasteiger partial charge in [0.25, 0.3) is 0 Å². The molecule has 1 aromatic carbocycles. The van der Waals surface area contributed by atoms with Crippen LogP contribution >= 0.6 is 0 Å². The fraction of sp³-hybridized carbons (Fsp3) is 0.467. The van der Waals surface area contributed by atoms with Gasteiger partial charge in [0.05, 0.1) is 0 Å². The molecule has 0 fully saturated rings. The van der Waals surface area contributed by atoms with E-state index < -0.39 is 12.1 Å². The first kappa shape index (κ1) is 16.9. The number of benzene rings is 1. The summed E-state index contributed by atoms with van der Waals surface area (Å²) >= 11 is 0. The second-order valence-electron chi connectivity index (χ2n) is 5.36. The summed E-state index contributed by atoms with van der Waals surface area (Å²) in [6.45, 7) is 4.34. The third kappa shape index (κ3) is 6.74. The molecule has 1 atom stereocenters. The van der Waals surface area contributed by atoms with Gasteiger partial charge < -0.3 is 16.4 Å². The normalized spacial score (nSPS) is 12.0. The van der Waals surface area contributed by atoms with Gasteiger partial charge in [0.2, 0.25) is 5.91 Å². The van der Waals surface area contributed by atoms with E-state index in [0.29, 0.717) is 19.4 Å². The summed E-state index contributed by atoms with van der Waals surface area (Å²) in [5.41, 5.74) is 6.01. The number of carbonyl (C=O) groups is 2. The Balaban J connectivity index is 2.45. The first-order chi connectivity index (χ1) is 9.88. The van der Waals surface area contributed by atoms with Crippen LogP contribution in [0.4, 0.5) is 9.18 Å². The minimum absolute atomic E-state index is 0.254. The van der Waals surface area contributed by atoms with Gasteiger partial charge in [0.1, 0.15) is 11.9 Å². The predicted molar refractivity (Wildman–Crippen MR) is 79.1 cm³/mol. The van der Waals surface area contributed by atoms with E-state index in [0.717, 1.165) is 5.56 Å². The number of primary amides is 1. The summed E-state index contributed by atoms with van der Waals surface area (Å²) in [6.07, 6.45) is 1.11. The maximum atomic E-state index is 12.8. The summed E-state index contributed by atoms with van der Waals surface area (Å²) < 4.78 is 12.8. The molecule has 0 aliphatic carbocycles. The van der Waals surface area contributed by atoms with Crippen molar-refractivity contribution in [2.45, 2.75) is 32.7 Å². The number of carbonyl (C=O) groups excluding carboxylic acids is 2. The van der Waals surface area contributed by atoms with Crippen LogP contribution in [0.5, 0.6) is 0 Å². The van der Waals surface area contributed by atoms with Gasteiger partial charge in [-0.15, -0.1) is 0 Å². The van der Waals surface area contributed by atoms with Gasteiger partial charge >= 0.3 is 6.03 Å². The van der Waals surface area contributed by atoms with Crippen LogP contribution in [0.25, 0.3) is 0 Å². The second-order valence-corrected chi connectivity index (χ2v) is 5.36. The number of rotatable bonds is 7. The first-order valence-corrected chi connectivity index (χ1v) is 6.96. The van der Waals surface area contributed by atoms with Crippen LogP contribution in [-0.2, 0) is 11.2 Å². The lowest BCUT2D eigenvalue weighted by molar-refractivity contribution is -0.123. The summed E-state index contributed by atoms with van der Waals surface area (Å²) in [7, 11) is 0. The number of nitrogens with one attached hydrogen (secondary N) is 2. The van der Waals surface area contributed by atoms with Crippen molar-refractivity contribution in [1.29, 1.82) is 0 Å². The molecular formula is C15H22FN3O2. The molecule has 5 nitrogen and oxygen atoms in total. The highest BCUT2D eigenvalue weighted by Crippen LogP contribution is 2.06. The minimum Gasteiger partial charge on any atom is -0.354 e. The Kier molecular flexibility index (Phi) is 6.65. The van der Waals surface area contributed by atoms with E-state index in [2.05, 4.69) is 10.6 Å². The predicted octanol–water partition coefficient (Wildman–Crippen LogP) is 1.57. The van der Waals surface area contributed by atoms with Crippen LogP contribution in [0.1, 0.15) is 25.8 Å². The molecule has 6 heteroatoms. The van der Waals surface area contributed by atoms with Gasteiger partial charge in [-0.05, 0) is 36.5 Å². The molecule has 3 amide bonds. The molecule has 1 aromatic rings. The molecule has 21 heavy (non-hydrogen) atoms. The largest absolute Gasteiger partial charge is 0.354 e. The molecule has 1 unspecified atom stereocenters. The number of nitrogens with two attached hydrogens (primary N) is 1. The van der Waals surface area contributed by atoms with E-state index >= 15 is 0 Å². The highest BCUT2D eigenvalue weighted by Gasteiger charge is 2.20. The fourth-order valence-electron chi connectivity index (χ4n) is 1.98. The SMILES string of the molecule is CC(C)CC(NC(N)=O)C(=O)NCCc1ccc(F)cc1. The van der Waals surface area contributed by atoms with E-state index in [1.54, 1.807) is 12.1 Å². The van der Waals surface area contributed by atoms with Crippen molar-refractivity contribution in [1.82, 2.24) is 10.6 Å². The zero-order chi connectivity index (χ0) is 15.8. The van der Waals surface area contributed by atoms with Crippen molar-refractivity contribution >= 4 is 11.9 Å². The van der Waals surface area contributed by atoms with E-state index in [1.165, 1.54) is 12.1 Å². The number of hydrogen-bond donors (Lipinski definition) is 3. The van der Waals surface area contributed by atoms with Crippen LogP contribution < -0.4 is 16.4 Å². The van der Waals surface area contributed by atoms with Crippen molar-refractivity contribution in [3.8, 4) is 0 Å². The molecular weight excluding hydrogens is 273 g/mol. The van der Waals surface area contributed by atoms with Crippen molar-refractivity contribution in [2.24, 2.45) is 11.7 Å². The van der Waals surface area contributed by atoms with Crippen LogP contribution in [0.15, 0.2) is 24.3 Å². The third-order valence-electron chi connectivity index (χ3n) is 2.97. The number of halogens is 1. The molecule has 0 saturated carbocycles. The van der Waals surface area contributed by atoms with E-state index in [1.807, 2.05) is 13.8 Å². The van der Waals surface area contributed by atoms with Crippen molar-refractivity contribution in [3.05, 3.63) is 35.6 Å². The molecule has 0 aromatic heterocycles. The maximum absolute atomic E-state index is 12.8. The Labute approximate surface area is 124 Å². The van der Waals surface area contributed by atoms with Gasteiger partial charge in [-0.3, -0.25) is 4.79 Å². The Morgan fingerprint density at radius 3 is 2.38 bits per heavy atom. The average molecular weight is 295 g/mol. The zero-order valence-electron chi connectivity index (χ0n) is 12.4. The van der Waals surface area contributed by atoms with Crippen LogP contribution in [0, 0.1) is 11.7 Å². The lowest BCUT2D eigenvalue weighted by Crippen LogP contribution is -2.49. The Hall–Kier alpha value is -2.11. The van der Waals surface area contributed by atoms with E-state index in [9.17, 15) is 14.0 Å². The smallest absolute Gasteiger partial charge is 0.312 e. The molecule has 116 valence electrons. The molecule has 1 rings (SSSR count). The standard InChI is InChI=1S/C15H22FN3O2/c1-10(2)9-13(19-15(17)21)14(20)18-8-7-11-3-5-12(16)6-4-11/h3-6,10,13H,7-9H2,1-2H3,(H,18,20)(H3,17,19,21). The van der Waals surface area contributed by atoms with Crippen molar-refractivity contribution in [2.75, 3.05) is 6.54 Å². The monoisotopic (exact) mass is 295 g/mol. The molecule has 0 aliphatic heterocycles. The van der Waals surface area contributed by atoms with Crippen LogP contribution in [0.3, 0.4) is 0 Å². The quantitative estimate of drug-likeness (QED) is 0.713. The van der Waals surface area contributed by atoms with Crippen LogP contribution in [-0.4, -0.2) is 24.5 Å². The molecule has 0 aliphatic rings. The number of amides is 3. The van der Waals surface area contributed by atoms with Gasteiger partial charge in [0, 0.05) is 6.54 Å². The Morgan fingerprint density at radius 1 is 1.24 bits per heavy atom. The lowest BCUT2D eigenvalue weighted by Gasteiger charge is -2.19. The molecule has 0 radical (unpaired) electrons. The maximum Gasteiger partial charge on any atom is 0.312 e. The molecule has 0 saturated heterocycles. The summed E-state index contributed by atoms with van der Waals surface area (Å²) in [5.74, 6) is -0.292. The van der Waals surface area contributed by atoms with Crippen molar-refractivity contribution < 1.29 is 14.0 Å². The topological polar surface area (TPSA) is 84.2 Å². The number of hydrogen-bond acceptors (Lipinski definition) is 2. The van der Waals surface area contributed by atoms with E-state index in [4.69, 9.17) is 5.73 Å². The second kappa shape index (κ2) is 8.24. The summed E-state index contributed by atoms with van der Waals surface area (Å²) in [6, 6.07) is 4.77. The number of urea groups is 1. The average Bonchev–Trinajstić information content (AvgIpc) is 2.39. The highest BCUT2D eigenvalue weighted by molar-refractivity contribution is 5.86. The molecule has 0 heterocycles. The fourth-order valence-corrected chi connectivity index (χ4v) is 1.98. The van der Waals surface area contributed by atoms with E-state index in [-0.39, 0.29) is 17.6 Å². The van der Waals surface area contributed by atoms with Crippen LogP contribution in [0.2, 0.25) is 0 Å². The van der Waals surface area contributed by atoms with Crippen molar-refractivity contribution in [3.63, 3.8) is 0 Å². The molecule has 4 N–H and O–H groups in total. The van der Waals surface area contributed by atoms with Gasteiger partial charge in [0.15, 0.2) is 0 Å². The molecule has 0 spiro atoms. The summed E-state index contributed by atoms with van der Waals surface area (Å²) in [5, 5.41) is 5.20. The zero-order valence-corrected chi connectivity index (χ0v) is 12.4. The lowest BCUT2D eigenvalue weighted by atomic mass is 10.0. The van der Waals surface area contributed by atoms with Gasteiger partial charge in [-0.1, -0.05) is 26.0 Å². The Morgan fingerprint density at radius 2 is 1.86 bits per heavy atom. The summed E-state index contributed by atoms with van der Waals surface area (Å²) in [4.78, 5) is 22.9. The Bertz CT molecular complexity index is 474. The highest BCUT2D eigenvalue weighted by atomic mass is 19.1. The van der Waals surface area contributed by atoms with Gasteiger partial charge in [-0.25, -0.2) is 9.18 Å². The third-order valence-corrected chi connectivity index (χ3v) is 2.97.